The van der Waals surface area contributed by atoms with Crippen LogP contribution in [-0.2, 0) is 0 Å². The van der Waals surface area contributed by atoms with Crippen molar-refractivity contribution >= 4 is 0 Å². The zero-order chi connectivity index (χ0) is 14.2. The Morgan fingerprint density at radius 1 is 1.10 bits per heavy atom. The Morgan fingerprint density at radius 3 is 2.81 bits per heavy atom. The van der Waals surface area contributed by atoms with Crippen LogP contribution in [0.4, 0.5) is 0 Å². The van der Waals surface area contributed by atoms with Crippen LogP contribution in [0.15, 0.2) is 23.8 Å². The van der Waals surface area contributed by atoms with Gasteiger partial charge in [-0.15, -0.1) is 0 Å². The molecule has 0 bridgehead atoms. The Kier molecular flexibility index (Phi) is 3.98. The van der Waals surface area contributed by atoms with Gasteiger partial charge in [-0.2, -0.15) is 0 Å². The predicted molar refractivity (Wildman–Crippen MR) is 90.0 cm³/mol. The van der Waals surface area contributed by atoms with Crippen molar-refractivity contribution in [1.29, 1.82) is 0 Å². The van der Waals surface area contributed by atoms with E-state index in [-0.39, 0.29) is 0 Å². The van der Waals surface area contributed by atoms with E-state index < -0.39 is 0 Å². The van der Waals surface area contributed by atoms with E-state index in [0.717, 1.165) is 35.5 Å². The summed E-state index contributed by atoms with van der Waals surface area (Å²) in [4.78, 5) is 0. The first-order valence-electron chi connectivity index (χ1n) is 9.68. The molecule has 0 aromatic heterocycles. The highest BCUT2D eigenvalue weighted by Crippen LogP contribution is 2.59. The summed E-state index contributed by atoms with van der Waals surface area (Å²) < 4.78 is 0. The summed E-state index contributed by atoms with van der Waals surface area (Å²) in [5, 5.41) is 0. The number of rotatable bonds is 3. The molecule has 6 atom stereocenters. The fourth-order valence-corrected chi connectivity index (χ4v) is 6.64. The van der Waals surface area contributed by atoms with Gasteiger partial charge in [-0.3, -0.25) is 0 Å². The van der Waals surface area contributed by atoms with Gasteiger partial charge in [0.15, 0.2) is 0 Å². The maximum absolute atomic E-state index is 2.70. The lowest BCUT2D eigenvalue weighted by molar-refractivity contribution is -0.0200. The van der Waals surface area contributed by atoms with Crippen LogP contribution in [0.25, 0.3) is 0 Å². The molecule has 3 fully saturated rings. The van der Waals surface area contributed by atoms with Crippen LogP contribution in [0.2, 0.25) is 0 Å². The second-order valence-electron chi connectivity index (χ2n) is 8.26. The standard InChI is InChI=1S/C21H32/c1-2-3-4-6-15-9-10-18-12-11-16-7-5-8-17-13-14-19(15)21(18)20(16)17/h2-3,10,15-17,19-21H,4-9,11-14H2,1H3/b3-2-. The molecule has 6 unspecified atom stereocenters. The summed E-state index contributed by atoms with van der Waals surface area (Å²) >= 11 is 0. The summed E-state index contributed by atoms with van der Waals surface area (Å²) in [6.45, 7) is 2.16. The van der Waals surface area contributed by atoms with Crippen molar-refractivity contribution in [3.05, 3.63) is 23.8 Å². The highest BCUT2D eigenvalue weighted by molar-refractivity contribution is 5.21. The van der Waals surface area contributed by atoms with E-state index in [1.807, 2.05) is 5.57 Å². The van der Waals surface area contributed by atoms with E-state index >= 15 is 0 Å². The lowest BCUT2D eigenvalue weighted by atomic mass is 9.49. The van der Waals surface area contributed by atoms with Gasteiger partial charge >= 0.3 is 0 Å². The number of allylic oxidation sites excluding steroid dienone is 4. The molecule has 0 aromatic carbocycles. The molecule has 21 heavy (non-hydrogen) atoms. The first-order valence-corrected chi connectivity index (χ1v) is 9.68. The van der Waals surface area contributed by atoms with Crippen LogP contribution >= 0.6 is 0 Å². The third-order valence-corrected chi connectivity index (χ3v) is 7.45. The van der Waals surface area contributed by atoms with Gasteiger partial charge in [-0.1, -0.05) is 43.1 Å². The van der Waals surface area contributed by atoms with E-state index in [2.05, 4.69) is 25.2 Å². The minimum absolute atomic E-state index is 0.997. The van der Waals surface area contributed by atoms with Crippen molar-refractivity contribution in [2.24, 2.45) is 35.5 Å². The molecule has 0 N–H and O–H groups in total. The van der Waals surface area contributed by atoms with E-state index in [4.69, 9.17) is 0 Å². The van der Waals surface area contributed by atoms with Crippen molar-refractivity contribution in [3.63, 3.8) is 0 Å². The molecule has 0 aliphatic heterocycles. The number of hydrogen-bond donors (Lipinski definition) is 0. The van der Waals surface area contributed by atoms with Gasteiger partial charge in [-0.05, 0) is 87.4 Å². The average Bonchev–Trinajstić information content (AvgIpc) is 2.54. The Balaban J connectivity index is 1.57. The number of hydrogen-bond acceptors (Lipinski definition) is 0. The molecule has 4 rings (SSSR count). The van der Waals surface area contributed by atoms with E-state index in [0.29, 0.717) is 0 Å². The summed E-state index contributed by atoms with van der Waals surface area (Å²) in [7, 11) is 0. The van der Waals surface area contributed by atoms with Crippen LogP contribution < -0.4 is 0 Å². The fourth-order valence-electron chi connectivity index (χ4n) is 6.64. The molecule has 0 heteroatoms. The van der Waals surface area contributed by atoms with Crippen LogP contribution in [0, 0.1) is 35.5 Å². The third-order valence-electron chi connectivity index (χ3n) is 7.45. The normalized spacial score (nSPS) is 45.3. The summed E-state index contributed by atoms with van der Waals surface area (Å²) in [5.41, 5.74) is 1.91. The van der Waals surface area contributed by atoms with Gasteiger partial charge in [0.25, 0.3) is 0 Å². The topological polar surface area (TPSA) is 0 Å². The van der Waals surface area contributed by atoms with Crippen molar-refractivity contribution in [3.8, 4) is 0 Å². The maximum Gasteiger partial charge on any atom is -0.0138 e. The van der Waals surface area contributed by atoms with Crippen molar-refractivity contribution in [1.82, 2.24) is 0 Å². The Labute approximate surface area is 131 Å². The van der Waals surface area contributed by atoms with Gasteiger partial charge in [0.1, 0.15) is 0 Å². The van der Waals surface area contributed by atoms with Gasteiger partial charge in [0.2, 0.25) is 0 Å². The lowest BCUT2D eigenvalue weighted by Gasteiger charge is -2.56. The van der Waals surface area contributed by atoms with Crippen LogP contribution in [0.1, 0.15) is 71.1 Å². The molecule has 4 aliphatic rings. The molecule has 0 saturated heterocycles. The smallest absolute Gasteiger partial charge is 0.0138 e. The lowest BCUT2D eigenvalue weighted by Crippen LogP contribution is -2.48. The highest BCUT2D eigenvalue weighted by Gasteiger charge is 2.50. The quantitative estimate of drug-likeness (QED) is 0.546. The largest absolute Gasteiger partial charge is 0.0917 e. The van der Waals surface area contributed by atoms with Gasteiger partial charge in [0.05, 0.1) is 0 Å². The van der Waals surface area contributed by atoms with Gasteiger partial charge < -0.3 is 0 Å². The predicted octanol–water partition coefficient (Wildman–Crippen LogP) is 6.14. The maximum atomic E-state index is 2.70. The summed E-state index contributed by atoms with van der Waals surface area (Å²) in [6.07, 6.45) is 22.2. The SMILES string of the molecule is C/C=C\CCC1CC=C2CCC3CCCC4CCC1C2C34. The van der Waals surface area contributed by atoms with Crippen molar-refractivity contribution < 1.29 is 0 Å². The van der Waals surface area contributed by atoms with E-state index in [1.165, 1.54) is 38.5 Å². The Morgan fingerprint density at radius 2 is 1.95 bits per heavy atom. The van der Waals surface area contributed by atoms with Crippen LogP contribution in [-0.4, -0.2) is 0 Å². The molecule has 0 spiro atoms. The van der Waals surface area contributed by atoms with Crippen molar-refractivity contribution in [2.75, 3.05) is 0 Å². The third kappa shape index (κ3) is 2.43. The molecule has 0 radical (unpaired) electrons. The van der Waals surface area contributed by atoms with Gasteiger partial charge in [0, 0.05) is 0 Å². The molecule has 0 aromatic rings. The van der Waals surface area contributed by atoms with E-state index in [1.54, 1.807) is 25.7 Å². The van der Waals surface area contributed by atoms with E-state index in [9.17, 15) is 0 Å². The second kappa shape index (κ2) is 5.94. The first-order chi connectivity index (χ1) is 10.4. The van der Waals surface area contributed by atoms with Crippen LogP contribution in [0.5, 0.6) is 0 Å². The monoisotopic (exact) mass is 284 g/mol. The van der Waals surface area contributed by atoms with Crippen LogP contribution in [0.3, 0.4) is 0 Å². The molecular formula is C21H32. The first kappa shape index (κ1) is 14.1. The van der Waals surface area contributed by atoms with Crippen molar-refractivity contribution in [2.45, 2.75) is 71.1 Å². The molecule has 0 heterocycles. The molecule has 3 saturated carbocycles. The highest BCUT2D eigenvalue weighted by atomic mass is 14.5. The molecule has 116 valence electrons. The molecular weight excluding hydrogens is 252 g/mol. The molecule has 0 nitrogen and oxygen atoms in total. The average molecular weight is 284 g/mol. The molecule has 0 amide bonds. The van der Waals surface area contributed by atoms with Gasteiger partial charge in [-0.25, -0.2) is 0 Å². The minimum atomic E-state index is 0.997. The zero-order valence-corrected chi connectivity index (χ0v) is 13.8. The summed E-state index contributed by atoms with van der Waals surface area (Å²) in [5.74, 6) is 6.37. The zero-order valence-electron chi connectivity index (χ0n) is 13.8. The Hall–Kier alpha value is -0.520. The molecule has 4 aliphatic carbocycles. The Bertz CT molecular complexity index is 423. The fraction of sp³-hybridized carbons (Fsp3) is 0.810. The second-order valence-corrected chi connectivity index (χ2v) is 8.26. The summed E-state index contributed by atoms with van der Waals surface area (Å²) in [6, 6.07) is 0. The minimum Gasteiger partial charge on any atom is -0.0917 e.